The van der Waals surface area contributed by atoms with E-state index in [4.69, 9.17) is 21.1 Å². The van der Waals surface area contributed by atoms with Crippen LogP contribution in [0.25, 0.3) is 0 Å². The summed E-state index contributed by atoms with van der Waals surface area (Å²) in [6, 6.07) is 14.0. The number of aryl methyl sites for hydroxylation is 1. The Labute approximate surface area is 131 Å². The number of hydrogen-bond acceptors (Lipinski definition) is 2. The lowest BCUT2D eigenvalue weighted by Gasteiger charge is -2.16. The van der Waals surface area contributed by atoms with Crippen molar-refractivity contribution in [3.8, 4) is 11.5 Å². The molecule has 0 heterocycles. The van der Waals surface area contributed by atoms with E-state index < -0.39 is 0 Å². The van der Waals surface area contributed by atoms with Crippen molar-refractivity contribution in [1.82, 2.24) is 0 Å². The maximum Gasteiger partial charge on any atom is 0.124 e. The second kappa shape index (κ2) is 7.37. The van der Waals surface area contributed by atoms with E-state index in [1.54, 1.807) is 0 Å². The van der Waals surface area contributed by atoms with Gasteiger partial charge in [0.2, 0.25) is 0 Å². The zero-order valence-electron chi connectivity index (χ0n) is 12.7. The van der Waals surface area contributed by atoms with E-state index in [1.807, 2.05) is 50.2 Å². The number of ether oxygens (including phenoxy) is 2. The summed E-state index contributed by atoms with van der Waals surface area (Å²) in [4.78, 5) is 0. The molecule has 0 saturated carbocycles. The summed E-state index contributed by atoms with van der Waals surface area (Å²) >= 11 is 6.65. The quantitative estimate of drug-likeness (QED) is 0.690. The molecule has 2 aromatic rings. The van der Waals surface area contributed by atoms with Gasteiger partial charge in [-0.15, -0.1) is 11.6 Å². The molecular formula is C18H21ClO2. The van der Waals surface area contributed by atoms with E-state index in [9.17, 15) is 0 Å². The van der Waals surface area contributed by atoms with Gasteiger partial charge < -0.3 is 9.47 Å². The molecule has 21 heavy (non-hydrogen) atoms. The number of alkyl halides is 1. The van der Waals surface area contributed by atoms with Crippen LogP contribution < -0.4 is 9.47 Å². The first-order valence-corrected chi connectivity index (χ1v) is 7.69. The molecule has 112 valence electrons. The van der Waals surface area contributed by atoms with Gasteiger partial charge in [-0.05, 0) is 44.5 Å². The SMILES string of the molecule is CCOc1ccc(C(Cl)c2cc(C)ccc2OCC)cc1. The minimum Gasteiger partial charge on any atom is -0.494 e. The zero-order chi connectivity index (χ0) is 15.2. The summed E-state index contributed by atoms with van der Waals surface area (Å²) in [7, 11) is 0. The Morgan fingerprint density at radius 3 is 2.24 bits per heavy atom. The van der Waals surface area contributed by atoms with Crippen molar-refractivity contribution in [1.29, 1.82) is 0 Å². The largest absolute Gasteiger partial charge is 0.494 e. The van der Waals surface area contributed by atoms with Crippen molar-refractivity contribution in [3.05, 3.63) is 59.2 Å². The Kier molecular flexibility index (Phi) is 5.51. The van der Waals surface area contributed by atoms with Gasteiger partial charge in [-0.25, -0.2) is 0 Å². The molecule has 1 atom stereocenters. The fraction of sp³-hybridized carbons (Fsp3) is 0.333. The lowest BCUT2D eigenvalue weighted by atomic mass is 10.0. The molecule has 0 N–H and O–H groups in total. The van der Waals surface area contributed by atoms with Crippen molar-refractivity contribution in [2.24, 2.45) is 0 Å². The van der Waals surface area contributed by atoms with Crippen molar-refractivity contribution >= 4 is 11.6 Å². The topological polar surface area (TPSA) is 18.5 Å². The van der Waals surface area contributed by atoms with Crippen LogP contribution in [-0.4, -0.2) is 13.2 Å². The van der Waals surface area contributed by atoms with Crippen molar-refractivity contribution in [2.45, 2.75) is 26.1 Å². The third kappa shape index (κ3) is 3.92. The lowest BCUT2D eigenvalue weighted by Crippen LogP contribution is -2.01. The molecule has 0 saturated heterocycles. The fourth-order valence-corrected chi connectivity index (χ4v) is 2.55. The van der Waals surface area contributed by atoms with Crippen LogP contribution in [0.3, 0.4) is 0 Å². The molecule has 0 aliphatic heterocycles. The smallest absolute Gasteiger partial charge is 0.124 e. The molecule has 0 fully saturated rings. The molecule has 3 heteroatoms. The van der Waals surface area contributed by atoms with E-state index in [0.717, 1.165) is 22.6 Å². The van der Waals surface area contributed by atoms with Crippen LogP contribution in [0, 0.1) is 6.92 Å². The van der Waals surface area contributed by atoms with Crippen LogP contribution in [0.15, 0.2) is 42.5 Å². The average molecular weight is 305 g/mol. The van der Waals surface area contributed by atoms with Crippen molar-refractivity contribution in [3.63, 3.8) is 0 Å². The van der Waals surface area contributed by atoms with Crippen LogP contribution in [0.1, 0.15) is 35.9 Å². The molecule has 0 spiro atoms. The minimum atomic E-state index is -0.234. The first-order valence-electron chi connectivity index (χ1n) is 7.25. The van der Waals surface area contributed by atoms with Gasteiger partial charge in [-0.1, -0.05) is 29.8 Å². The summed E-state index contributed by atoms with van der Waals surface area (Å²) < 4.78 is 11.1. The van der Waals surface area contributed by atoms with Crippen LogP contribution in [0.2, 0.25) is 0 Å². The van der Waals surface area contributed by atoms with E-state index in [1.165, 1.54) is 5.56 Å². The Bertz CT molecular complexity index is 578. The van der Waals surface area contributed by atoms with Crippen molar-refractivity contribution < 1.29 is 9.47 Å². The summed E-state index contributed by atoms with van der Waals surface area (Å²) in [5.74, 6) is 1.70. The second-order valence-corrected chi connectivity index (χ2v) is 5.28. The second-order valence-electron chi connectivity index (χ2n) is 4.84. The molecule has 2 aromatic carbocycles. The van der Waals surface area contributed by atoms with Gasteiger partial charge in [0.25, 0.3) is 0 Å². The van der Waals surface area contributed by atoms with Crippen LogP contribution in [-0.2, 0) is 0 Å². The molecule has 0 amide bonds. The summed E-state index contributed by atoms with van der Waals surface area (Å²) in [5.41, 5.74) is 3.21. The van der Waals surface area contributed by atoms with E-state index >= 15 is 0 Å². The highest BCUT2D eigenvalue weighted by Gasteiger charge is 2.16. The van der Waals surface area contributed by atoms with Crippen LogP contribution in [0.4, 0.5) is 0 Å². The van der Waals surface area contributed by atoms with E-state index in [0.29, 0.717) is 13.2 Å². The number of halogens is 1. The van der Waals surface area contributed by atoms with Gasteiger partial charge >= 0.3 is 0 Å². The molecule has 0 aliphatic rings. The molecule has 0 aliphatic carbocycles. The van der Waals surface area contributed by atoms with Gasteiger partial charge in [0, 0.05) is 5.56 Å². The summed E-state index contributed by atoms with van der Waals surface area (Å²) in [6.45, 7) is 7.29. The van der Waals surface area contributed by atoms with Crippen LogP contribution >= 0.6 is 11.6 Å². The normalized spacial score (nSPS) is 12.0. The first kappa shape index (κ1) is 15.7. The third-order valence-corrected chi connectivity index (χ3v) is 3.71. The van der Waals surface area contributed by atoms with Crippen LogP contribution in [0.5, 0.6) is 11.5 Å². The van der Waals surface area contributed by atoms with E-state index in [2.05, 4.69) is 13.0 Å². The minimum absolute atomic E-state index is 0.234. The summed E-state index contributed by atoms with van der Waals surface area (Å²) in [5, 5.41) is -0.234. The van der Waals surface area contributed by atoms with Crippen molar-refractivity contribution in [2.75, 3.05) is 13.2 Å². The van der Waals surface area contributed by atoms with E-state index in [-0.39, 0.29) is 5.38 Å². The third-order valence-electron chi connectivity index (χ3n) is 3.22. The molecule has 2 nitrogen and oxygen atoms in total. The Hall–Kier alpha value is -1.67. The standard InChI is InChI=1S/C18H21ClO2/c1-4-20-15-9-7-14(8-10-15)18(19)16-12-13(3)6-11-17(16)21-5-2/h6-12,18H,4-5H2,1-3H3. The predicted molar refractivity (Wildman–Crippen MR) is 87.7 cm³/mol. The maximum atomic E-state index is 6.65. The zero-order valence-corrected chi connectivity index (χ0v) is 13.5. The van der Waals surface area contributed by atoms with Gasteiger partial charge in [0.1, 0.15) is 11.5 Å². The molecule has 0 radical (unpaired) electrons. The van der Waals surface area contributed by atoms with Gasteiger partial charge in [0.15, 0.2) is 0 Å². The molecule has 0 aromatic heterocycles. The highest BCUT2D eigenvalue weighted by atomic mass is 35.5. The Morgan fingerprint density at radius 1 is 0.952 bits per heavy atom. The molecule has 1 unspecified atom stereocenters. The fourth-order valence-electron chi connectivity index (χ4n) is 2.23. The molecule has 2 rings (SSSR count). The maximum absolute atomic E-state index is 6.65. The van der Waals surface area contributed by atoms with Gasteiger partial charge in [-0.3, -0.25) is 0 Å². The van der Waals surface area contributed by atoms with Gasteiger partial charge in [-0.2, -0.15) is 0 Å². The van der Waals surface area contributed by atoms with Gasteiger partial charge in [0.05, 0.1) is 18.6 Å². The monoisotopic (exact) mass is 304 g/mol. The number of benzene rings is 2. The highest BCUT2D eigenvalue weighted by Crippen LogP contribution is 2.36. The Balaban J connectivity index is 2.30. The average Bonchev–Trinajstić information content (AvgIpc) is 2.50. The molecular weight excluding hydrogens is 284 g/mol. The lowest BCUT2D eigenvalue weighted by molar-refractivity contribution is 0.336. The molecule has 0 bridgehead atoms. The number of rotatable bonds is 6. The Morgan fingerprint density at radius 2 is 1.62 bits per heavy atom. The predicted octanol–water partition coefficient (Wildman–Crippen LogP) is 5.12. The highest BCUT2D eigenvalue weighted by molar-refractivity contribution is 6.22. The first-order chi connectivity index (χ1) is 10.2. The number of hydrogen-bond donors (Lipinski definition) is 0. The summed E-state index contributed by atoms with van der Waals surface area (Å²) in [6.07, 6.45) is 0.